The van der Waals surface area contributed by atoms with Crippen LogP contribution in [0.3, 0.4) is 0 Å². The molecule has 0 aliphatic rings. The maximum absolute atomic E-state index is 9.22. The zero-order valence-corrected chi connectivity index (χ0v) is 19.3. The van der Waals surface area contributed by atoms with Crippen molar-refractivity contribution in [1.29, 1.82) is 0 Å². The van der Waals surface area contributed by atoms with Gasteiger partial charge in [-0.25, -0.2) is 8.42 Å². The predicted molar refractivity (Wildman–Crippen MR) is 108 cm³/mol. The Morgan fingerprint density at radius 1 is 0.963 bits per heavy atom. The molecule has 0 saturated carbocycles. The molecule has 0 N–H and O–H groups in total. The topological polar surface area (TPSA) is 84.9 Å². The lowest BCUT2D eigenvalue weighted by atomic mass is 10.2. The summed E-state index contributed by atoms with van der Waals surface area (Å²) < 4.78 is 43.7. The van der Waals surface area contributed by atoms with Gasteiger partial charge < -0.3 is 18.5 Å². The van der Waals surface area contributed by atoms with Crippen molar-refractivity contribution in [1.82, 2.24) is 0 Å². The number of rotatable bonds is 15. The van der Waals surface area contributed by atoms with E-state index in [4.69, 9.17) is 9.47 Å². The van der Waals surface area contributed by atoms with E-state index in [1.165, 1.54) is 38.5 Å². The van der Waals surface area contributed by atoms with Crippen molar-refractivity contribution < 1.29 is 31.1 Å². The second kappa shape index (κ2) is 16.7. The molecule has 0 spiro atoms. The van der Waals surface area contributed by atoms with Gasteiger partial charge in [0.15, 0.2) is 0 Å². The van der Waals surface area contributed by atoms with Crippen LogP contribution in [-0.2, 0) is 24.1 Å². The van der Waals surface area contributed by atoms with E-state index < -0.39 is 10.4 Å². The van der Waals surface area contributed by atoms with Gasteiger partial charge in [0.1, 0.15) is 18.7 Å². The molecule has 0 rings (SSSR count). The highest BCUT2D eigenvalue weighted by Gasteiger charge is 2.26. The van der Waals surface area contributed by atoms with Gasteiger partial charge in [0.25, 0.3) is 0 Å². The molecule has 0 aromatic carbocycles. The van der Waals surface area contributed by atoms with Gasteiger partial charge in [-0.15, -0.1) is 0 Å². The summed E-state index contributed by atoms with van der Waals surface area (Å²) in [5.74, 6) is 0. The Morgan fingerprint density at radius 3 is 1.89 bits per heavy atom. The molecule has 2 unspecified atom stereocenters. The Kier molecular flexibility index (Phi) is 17.9. The van der Waals surface area contributed by atoms with Crippen LogP contribution < -0.4 is 0 Å². The molecule has 0 saturated heterocycles. The fourth-order valence-electron chi connectivity index (χ4n) is 2.44. The van der Waals surface area contributed by atoms with Crippen LogP contribution in [-0.4, -0.2) is 77.2 Å². The minimum absolute atomic E-state index is 0.319. The zero-order valence-electron chi connectivity index (χ0n) is 18.5. The van der Waals surface area contributed by atoms with E-state index in [1.807, 2.05) is 0 Å². The average Bonchev–Trinajstić information content (AvgIpc) is 2.58. The summed E-state index contributed by atoms with van der Waals surface area (Å²) in [4.78, 5) is 0. The summed E-state index contributed by atoms with van der Waals surface area (Å²) in [6.07, 6.45) is 7.75. The van der Waals surface area contributed by atoms with Crippen LogP contribution in [0.15, 0.2) is 0 Å². The van der Waals surface area contributed by atoms with Crippen LogP contribution in [0.4, 0.5) is 0 Å². The van der Waals surface area contributed by atoms with E-state index in [1.54, 1.807) is 0 Å². The van der Waals surface area contributed by atoms with Crippen molar-refractivity contribution in [3.8, 4) is 0 Å². The first-order chi connectivity index (χ1) is 12.5. The second-order valence-corrected chi connectivity index (χ2v) is 8.71. The third-order valence-corrected chi connectivity index (χ3v) is 4.93. The maximum atomic E-state index is 9.22. The number of nitrogens with zero attached hydrogens (tertiary/aromatic N) is 1. The van der Waals surface area contributed by atoms with Gasteiger partial charge in [-0.2, -0.15) is 0 Å². The quantitative estimate of drug-likeness (QED) is 0.177. The zero-order chi connectivity index (χ0) is 21.3. The molecule has 0 aliphatic heterocycles. The van der Waals surface area contributed by atoms with Crippen LogP contribution >= 0.6 is 0 Å². The molecule has 7 nitrogen and oxygen atoms in total. The SMILES string of the molecule is CCCCCOCC(C)[N+](C)(C)CC(C)OCCCCC.COS(=O)(=O)[O-]. The molecule has 0 amide bonds. The first-order valence-electron chi connectivity index (χ1n) is 10.0. The number of hydrogen-bond acceptors (Lipinski definition) is 6. The summed E-state index contributed by atoms with van der Waals surface area (Å²) in [5.41, 5.74) is 0. The molecular weight excluding hydrogens is 370 g/mol. The summed E-state index contributed by atoms with van der Waals surface area (Å²) in [6.45, 7) is 12.6. The smallest absolute Gasteiger partial charge is 0.217 e. The molecule has 0 bridgehead atoms. The highest BCUT2D eigenvalue weighted by atomic mass is 32.3. The molecule has 0 aliphatic carbocycles. The highest BCUT2D eigenvalue weighted by Crippen LogP contribution is 2.11. The normalized spacial score (nSPS) is 14.4. The van der Waals surface area contributed by atoms with E-state index >= 15 is 0 Å². The largest absolute Gasteiger partial charge is 0.726 e. The predicted octanol–water partition coefficient (Wildman–Crippen LogP) is 3.35. The molecule has 0 aromatic rings. The van der Waals surface area contributed by atoms with E-state index in [0.29, 0.717) is 12.1 Å². The first kappa shape index (κ1) is 29.0. The van der Waals surface area contributed by atoms with Gasteiger partial charge in [-0.3, -0.25) is 4.18 Å². The van der Waals surface area contributed by atoms with Crippen LogP contribution in [0, 0.1) is 0 Å². The summed E-state index contributed by atoms with van der Waals surface area (Å²) in [5, 5.41) is 0. The van der Waals surface area contributed by atoms with Crippen molar-refractivity contribution in [2.45, 2.75) is 78.4 Å². The molecule has 0 fully saturated rings. The van der Waals surface area contributed by atoms with Gasteiger partial charge in [0, 0.05) is 13.2 Å². The summed E-state index contributed by atoms with van der Waals surface area (Å²) in [6, 6.07) is 0.508. The lowest BCUT2D eigenvalue weighted by Gasteiger charge is -2.37. The number of quaternary nitrogens is 1. The first-order valence-corrected chi connectivity index (χ1v) is 11.4. The van der Waals surface area contributed by atoms with Crippen LogP contribution in [0.1, 0.15) is 66.2 Å². The minimum atomic E-state index is -4.41. The maximum Gasteiger partial charge on any atom is 0.217 e. The molecule has 2 atom stereocenters. The molecular formula is C19H43NO6S. The van der Waals surface area contributed by atoms with E-state index in [2.05, 4.69) is 46.0 Å². The minimum Gasteiger partial charge on any atom is -0.726 e. The van der Waals surface area contributed by atoms with Gasteiger partial charge >= 0.3 is 0 Å². The number of unbranched alkanes of at least 4 members (excludes halogenated alkanes) is 4. The molecule has 8 heteroatoms. The van der Waals surface area contributed by atoms with Gasteiger partial charge in [-0.1, -0.05) is 39.5 Å². The van der Waals surface area contributed by atoms with Gasteiger partial charge in [0.05, 0.1) is 27.8 Å². The second-order valence-electron chi connectivity index (χ2n) is 7.56. The van der Waals surface area contributed by atoms with Crippen molar-refractivity contribution in [2.75, 3.05) is 47.6 Å². The number of ether oxygens (including phenoxy) is 2. The third-order valence-electron chi connectivity index (χ3n) is 4.53. The Hall–Kier alpha value is -0.250. The van der Waals surface area contributed by atoms with Crippen molar-refractivity contribution >= 4 is 10.4 Å². The van der Waals surface area contributed by atoms with Gasteiger partial charge in [-0.05, 0) is 26.7 Å². The Bertz CT molecular complexity index is 428. The molecule has 0 heterocycles. The molecule has 27 heavy (non-hydrogen) atoms. The lowest BCUT2D eigenvalue weighted by Crippen LogP contribution is -2.53. The molecule has 166 valence electrons. The van der Waals surface area contributed by atoms with E-state index in [-0.39, 0.29) is 0 Å². The van der Waals surface area contributed by atoms with Crippen LogP contribution in [0.5, 0.6) is 0 Å². The summed E-state index contributed by atoms with van der Waals surface area (Å²) >= 11 is 0. The fourth-order valence-corrected chi connectivity index (χ4v) is 2.44. The van der Waals surface area contributed by atoms with Crippen LogP contribution in [0.2, 0.25) is 0 Å². The highest BCUT2D eigenvalue weighted by molar-refractivity contribution is 7.80. The van der Waals surface area contributed by atoms with E-state index in [9.17, 15) is 13.0 Å². The van der Waals surface area contributed by atoms with E-state index in [0.717, 1.165) is 38.0 Å². The molecule has 0 aromatic heterocycles. The van der Waals surface area contributed by atoms with Gasteiger partial charge in [0.2, 0.25) is 10.4 Å². The third kappa shape index (κ3) is 20.3. The van der Waals surface area contributed by atoms with Crippen molar-refractivity contribution in [2.24, 2.45) is 0 Å². The van der Waals surface area contributed by atoms with Crippen LogP contribution in [0.25, 0.3) is 0 Å². The fraction of sp³-hybridized carbons (Fsp3) is 1.00. The Morgan fingerprint density at radius 2 is 1.44 bits per heavy atom. The number of hydrogen-bond donors (Lipinski definition) is 0. The Labute approximate surface area is 167 Å². The standard InChI is InChI=1S/C18H40NO2.CH4O4S/c1-7-9-11-13-20-16-17(3)19(5,6)15-18(4)21-14-12-10-8-2;1-5-6(2,3)4/h17-18H,7-16H2,1-6H3;1H3,(H,2,3,4)/q+1;/p-1. The lowest BCUT2D eigenvalue weighted by molar-refractivity contribution is -0.916. The van der Waals surface area contributed by atoms with Crippen molar-refractivity contribution in [3.63, 3.8) is 0 Å². The number of likely N-dealkylation sites (N-methyl/N-ethyl adjacent to an activating group) is 1. The summed E-state index contributed by atoms with van der Waals surface area (Å²) in [7, 11) is 0.963. The van der Waals surface area contributed by atoms with Crippen molar-refractivity contribution in [3.05, 3.63) is 0 Å². The monoisotopic (exact) mass is 413 g/mol. The molecule has 0 radical (unpaired) electrons. The average molecular weight is 414 g/mol. The Balaban J connectivity index is 0.